The van der Waals surface area contributed by atoms with E-state index in [0.29, 0.717) is 12.5 Å². The van der Waals surface area contributed by atoms with Crippen LogP contribution in [-0.2, 0) is 11.2 Å². The van der Waals surface area contributed by atoms with Gasteiger partial charge in [-0.25, -0.2) is 0 Å². The molecule has 1 aliphatic heterocycles. The van der Waals surface area contributed by atoms with Gasteiger partial charge in [-0.1, -0.05) is 42.5 Å². The minimum atomic E-state index is 0. The second-order valence-corrected chi connectivity index (χ2v) is 5.84. The van der Waals surface area contributed by atoms with Gasteiger partial charge in [0.25, 0.3) is 0 Å². The maximum absolute atomic E-state index is 12.5. The van der Waals surface area contributed by atoms with Crippen molar-refractivity contribution in [3.05, 3.63) is 48.0 Å². The molecule has 3 nitrogen and oxygen atoms in total. The maximum Gasteiger partial charge on any atom is 0.226 e. The number of nitrogens with one attached hydrogen (secondary N) is 1. The van der Waals surface area contributed by atoms with Gasteiger partial charge in [-0.2, -0.15) is 0 Å². The first kappa shape index (κ1) is 16.8. The molecule has 0 aliphatic carbocycles. The van der Waals surface area contributed by atoms with Gasteiger partial charge < -0.3 is 10.2 Å². The van der Waals surface area contributed by atoms with E-state index in [2.05, 4.69) is 35.6 Å². The molecule has 0 bridgehead atoms. The minimum Gasteiger partial charge on any atom is -0.342 e. The number of nitrogens with zero attached hydrogens (tertiary/aromatic N) is 1. The molecule has 0 aromatic heterocycles. The van der Waals surface area contributed by atoms with Crippen molar-refractivity contribution in [1.82, 2.24) is 10.2 Å². The molecule has 0 unspecified atom stereocenters. The third-order valence-electron chi connectivity index (χ3n) is 4.42. The van der Waals surface area contributed by atoms with Crippen molar-refractivity contribution in [2.75, 3.05) is 20.1 Å². The topological polar surface area (TPSA) is 32.3 Å². The van der Waals surface area contributed by atoms with Gasteiger partial charge in [0.2, 0.25) is 5.91 Å². The zero-order valence-corrected chi connectivity index (χ0v) is 13.7. The van der Waals surface area contributed by atoms with Crippen LogP contribution in [0.3, 0.4) is 0 Å². The van der Waals surface area contributed by atoms with E-state index in [9.17, 15) is 4.79 Å². The number of carbonyl (C=O) groups excluding carboxylic acids is 1. The average Bonchev–Trinajstić information content (AvgIpc) is 2.55. The van der Waals surface area contributed by atoms with E-state index in [1.807, 2.05) is 24.1 Å². The fraction of sp³-hybridized carbons (Fsp3) is 0.389. The van der Waals surface area contributed by atoms with Crippen LogP contribution in [-0.4, -0.2) is 37.0 Å². The van der Waals surface area contributed by atoms with Crippen LogP contribution in [0.1, 0.15) is 18.4 Å². The molecule has 1 saturated heterocycles. The number of benzene rings is 2. The predicted octanol–water partition coefficient (Wildman–Crippen LogP) is 3.01. The molecule has 2 aromatic rings. The van der Waals surface area contributed by atoms with Crippen LogP contribution in [0.4, 0.5) is 0 Å². The van der Waals surface area contributed by atoms with Gasteiger partial charge in [0, 0.05) is 13.1 Å². The van der Waals surface area contributed by atoms with Crippen LogP contribution in [0.15, 0.2) is 42.5 Å². The van der Waals surface area contributed by atoms with Crippen LogP contribution < -0.4 is 5.32 Å². The Morgan fingerprint density at radius 2 is 1.82 bits per heavy atom. The average molecular weight is 319 g/mol. The van der Waals surface area contributed by atoms with Gasteiger partial charge >= 0.3 is 0 Å². The summed E-state index contributed by atoms with van der Waals surface area (Å²) in [5.41, 5.74) is 1.10. The van der Waals surface area contributed by atoms with E-state index in [-0.39, 0.29) is 18.3 Å². The van der Waals surface area contributed by atoms with Crippen LogP contribution in [0.25, 0.3) is 10.8 Å². The molecule has 1 amide bonds. The largest absolute Gasteiger partial charge is 0.342 e. The Kier molecular flexibility index (Phi) is 5.81. The van der Waals surface area contributed by atoms with Crippen molar-refractivity contribution < 1.29 is 4.79 Å². The van der Waals surface area contributed by atoms with Crippen molar-refractivity contribution >= 4 is 29.1 Å². The zero-order valence-electron chi connectivity index (χ0n) is 12.9. The molecule has 1 heterocycles. The summed E-state index contributed by atoms with van der Waals surface area (Å²) < 4.78 is 0. The van der Waals surface area contributed by atoms with Gasteiger partial charge in [0.15, 0.2) is 0 Å². The number of hydrogen-bond donors (Lipinski definition) is 1. The molecule has 4 heteroatoms. The fourth-order valence-corrected chi connectivity index (χ4v) is 3.05. The highest BCUT2D eigenvalue weighted by Crippen LogP contribution is 2.17. The van der Waals surface area contributed by atoms with Gasteiger partial charge in [-0.3, -0.25) is 4.79 Å². The van der Waals surface area contributed by atoms with Crippen LogP contribution in [0, 0.1) is 0 Å². The second kappa shape index (κ2) is 7.61. The molecule has 1 aliphatic rings. The summed E-state index contributed by atoms with van der Waals surface area (Å²) in [6.45, 7) is 2.02. The van der Waals surface area contributed by atoms with Crippen molar-refractivity contribution in [2.24, 2.45) is 0 Å². The lowest BCUT2D eigenvalue weighted by molar-refractivity contribution is -0.131. The third kappa shape index (κ3) is 3.79. The lowest BCUT2D eigenvalue weighted by Crippen LogP contribution is -2.44. The van der Waals surface area contributed by atoms with E-state index < -0.39 is 0 Å². The second-order valence-electron chi connectivity index (χ2n) is 5.84. The molecular formula is C18H23ClN2O. The molecule has 0 saturated carbocycles. The van der Waals surface area contributed by atoms with Gasteiger partial charge in [0.1, 0.15) is 0 Å². The fourth-order valence-electron chi connectivity index (χ4n) is 3.05. The third-order valence-corrected chi connectivity index (χ3v) is 4.42. The summed E-state index contributed by atoms with van der Waals surface area (Å²) in [7, 11) is 1.94. The number of halogens is 1. The number of carbonyl (C=O) groups is 1. The summed E-state index contributed by atoms with van der Waals surface area (Å²) in [4.78, 5) is 14.4. The maximum atomic E-state index is 12.5. The highest BCUT2D eigenvalue weighted by Gasteiger charge is 2.21. The van der Waals surface area contributed by atoms with Gasteiger partial charge in [-0.05, 0) is 42.3 Å². The van der Waals surface area contributed by atoms with Crippen molar-refractivity contribution in [2.45, 2.75) is 25.3 Å². The highest BCUT2D eigenvalue weighted by atomic mass is 35.5. The molecule has 1 N–H and O–H groups in total. The number of rotatable bonds is 3. The Morgan fingerprint density at radius 1 is 1.14 bits per heavy atom. The Balaban J connectivity index is 0.00000176. The molecule has 2 aromatic carbocycles. The summed E-state index contributed by atoms with van der Waals surface area (Å²) in [6.07, 6.45) is 2.60. The van der Waals surface area contributed by atoms with E-state index in [4.69, 9.17) is 0 Å². The number of amides is 1. The molecule has 1 fully saturated rings. The van der Waals surface area contributed by atoms with Crippen LogP contribution in [0.2, 0.25) is 0 Å². The van der Waals surface area contributed by atoms with Crippen molar-refractivity contribution in [3.8, 4) is 0 Å². The first-order chi connectivity index (χ1) is 10.2. The normalized spacial score (nSPS) is 15.3. The van der Waals surface area contributed by atoms with Crippen LogP contribution >= 0.6 is 12.4 Å². The first-order valence-corrected chi connectivity index (χ1v) is 7.68. The van der Waals surface area contributed by atoms with E-state index >= 15 is 0 Å². The van der Waals surface area contributed by atoms with Gasteiger partial charge in [-0.15, -0.1) is 12.4 Å². The lowest BCUT2D eigenvalue weighted by Gasteiger charge is -2.31. The standard InChI is InChI=1S/C18H22N2O.ClH/c1-20(17-8-10-19-11-9-17)18(21)13-14-6-7-15-4-2-3-5-16(15)12-14;/h2-7,12,17,19H,8-11,13H2,1H3;1H. The number of fused-ring (bicyclic) bond motifs is 1. The molecule has 3 rings (SSSR count). The van der Waals surface area contributed by atoms with Crippen LogP contribution in [0.5, 0.6) is 0 Å². The highest BCUT2D eigenvalue weighted by molar-refractivity contribution is 5.86. The van der Waals surface area contributed by atoms with Gasteiger partial charge in [0.05, 0.1) is 6.42 Å². The molecule has 118 valence electrons. The minimum absolute atomic E-state index is 0. The first-order valence-electron chi connectivity index (χ1n) is 7.68. The Morgan fingerprint density at radius 3 is 2.55 bits per heavy atom. The Hall–Kier alpha value is -1.58. The monoisotopic (exact) mass is 318 g/mol. The summed E-state index contributed by atoms with van der Waals surface area (Å²) in [5.74, 6) is 0.220. The summed E-state index contributed by atoms with van der Waals surface area (Å²) >= 11 is 0. The Bertz CT molecular complexity index is 638. The Labute approximate surface area is 138 Å². The summed E-state index contributed by atoms with van der Waals surface area (Å²) in [6, 6.07) is 15.0. The number of piperidine rings is 1. The smallest absolute Gasteiger partial charge is 0.226 e. The number of likely N-dealkylation sites (N-methyl/N-ethyl adjacent to an activating group) is 1. The van der Waals surface area contributed by atoms with E-state index in [1.165, 1.54) is 10.8 Å². The van der Waals surface area contributed by atoms with E-state index in [1.54, 1.807) is 0 Å². The zero-order chi connectivity index (χ0) is 14.7. The molecule has 0 atom stereocenters. The summed E-state index contributed by atoms with van der Waals surface area (Å²) in [5, 5.41) is 5.76. The lowest BCUT2D eigenvalue weighted by atomic mass is 10.0. The van der Waals surface area contributed by atoms with Crippen molar-refractivity contribution in [3.63, 3.8) is 0 Å². The van der Waals surface area contributed by atoms with E-state index in [0.717, 1.165) is 31.5 Å². The molecule has 22 heavy (non-hydrogen) atoms. The predicted molar refractivity (Wildman–Crippen MR) is 93.6 cm³/mol. The number of hydrogen-bond acceptors (Lipinski definition) is 2. The quantitative estimate of drug-likeness (QED) is 0.943. The van der Waals surface area contributed by atoms with Crippen molar-refractivity contribution in [1.29, 1.82) is 0 Å². The molecule has 0 radical (unpaired) electrons. The molecule has 0 spiro atoms. The SMILES string of the molecule is CN(C(=O)Cc1ccc2ccccc2c1)C1CCNCC1.Cl. The molecular weight excluding hydrogens is 296 g/mol.